The van der Waals surface area contributed by atoms with Gasteiger partial charge in [0.25, 0.3) is 0 Å². The van der Waals surface area contributed by atoms with Gasteiger partial charge in [-0.25, -0.2) is 0 Å². The molecule has 16 heavy (non-hydrogen) atoms. The topological polar surface area (TPSA) is 38.8 Å². The Bertz CT molecular complexity index is 179. The first-order valence-corrected chi connectivity index (χ1v) is 6.11. The van der Waals surface area contributed by atoms with E-state index >= 15 is 0 Å². The Hall–Kier alpha value is -0.320. The molecular weight excluding hydrogens is 230 g/mol. The number of carbonyl (C=O) groups excluding carboxylic acids is 1. The molecule has 0 aromatic heterocycles. The number of nitrogens with zero attached hydrogens (tertiary/aromatic N) is 1. The number of rotatable bonds is 10. The second-order valence-electron chi connectivity index (χ2n) is 3.51. The first kappa shape index (κ1) is 15.7. The van der Waals surface area contributed by atoms with Crippen molar-refractivity contribution >= 4 is 17.5 Å². The zero-order valence-corrected chi connectivity index (χ0v) is 11.0. The number of ether oxygens (including phenoxy) is 2. The quantitative estimate of drug-likeness (QED) is 0.437. The Kier molecular flexibility index (Phi) is 11.0. The molecule has 96 valence electrons. The monoisotopic (exact) mass is 251 g/mol. The van der Waals surface area contributed by atoms with Crippen molar-refractivity contribution in [3.63, 3.8) is 0 Å². The Morgan fingerprint density at radius 1 is 1.12 bits per heavy atom. The van der Waals surface area contributed by atoms with E-state index in [9.17, 15) is 4.79 Å². The summed E-state index contributed by atoms with van der Waals surface area (Å²) in [6.07, 6.45) is 2.10. The molecule has 0 aliphatic heterocycles. The van der Waals surface area contributed by atoms with Gasteiger partial charge in [0.15, 0.2) is 0 Å². The number of alkyl halides is 1. The predicted octanol–water partition coefficient (Wildman–Crippen LogP) is 1.52. The van der Waals surface area contributed by atoms with Crippen LogP contribution >= 0.6 is 11.6 Å². The average Bonchev–Trinajstić information content (AvgIpc) is 2.30. The Labute approximate surface area is 103 Å². The van der Waals surface area contributed by atoms with Crippen molar-refractivity contribution in [1.82, 2.24) is 4.90 Å². The molecule has 0 heterocycles. The second kappa shape index (κ2) is 11.2. The van der Waals surface area contributed by atoms with Gasteiger partial charge in [0.2, 0.25) is 5.91 Å². The maximum absolute atomic E-state index is 11.8. The molecule has 0 saturated carbocycles. The van der Waals surface area contributed by atoms with Crippen LogP contribution in [0.4, 0.5) is 0 Å². The molecule has 0 aromatic carbocycles. The molecule has 5 heteroatoms. The summed E-state index contributed by atoms with van der Waals surface area (Å²) in [7, 11) is 3.30. The van der Waals surface area contributed by atoms with Crippen LogP contribution in [-0.4, -0.2) is 57.2 Å². The molecule has 0 N–H and O–H groups in total. The van der Waals surface area contributed by atoms with Gasteiger partial charge in [-0.2, -0.15) is 0 Å². The predicted molar refractivity (Wildman–Crippen MR) is 64.9 cm³/mol. The van der Waals surface area contributed by atoms with E-state index in [2.05, 4.69) is 0 Å². The van der Waals surface area contributed by atoms with Crippen LogP contribution < -0.4 is 0 Å². The highest BCUT2D eigenvalue weighted by atomic mass is 35.5. The van der Waals surface area contributed by atoms with E-state index in [0.717, 1.165) is 19.4 Å². The van der Waals surface area contributed by atoms with Crippen LogP contribution in [0, 0.1) is 0 Å². The highest BCUT2D eigenvalue weighted by molar-refractivity contribution is 6.17. The van der Waals surface area contributed by atoms with Crippen molar-refractivity contribution in [2.45, 2.75) is 19.3 Å². The smallest absolute Gasteiger partial charge is 0.222 e. The van der Waals surface area contributed by atoms with Crippen LogP contribution in [-0.2, 0) is 14.3 Å². The van der Waals surface area contributed by atoms with Crippen LogP contribution in [0.3, 0.4) is 0 Å². The van der Waals surface area contributed by atoms with E-state index in [0.29, 0.717) is 32.1 Å². The van der Waals surface area contributed by atoms with Crippen LogP contribution in [0.15, 0.2) is 0 Å². The molecular formula is C11H22ClNO3. The van der Waals surface area contributed by atoms with Crippen LogP contribution in [0.25, 0.3) is 0 Å². The number of hydrogen-bond donors (Lipinski definition) is 0. The molecule has 0 spiro atoms. The highest BCUT2D eigenvalue weighted by Gasteiger charge is 2.11. The van der Waals surface area contributed by atoms with E-state index in [-0.39, 0.29) is 5.91 Å². The Balaban J connectivity index is 3.91. The van der Waals surface area contributed by atoms with Crippen LogP contribution in [0.1, 0.15) is 19.3 Å². The molecule has 4 nitrogen and oxygen atoms in total. The van der Waals surface area contributed by atoms with Gasteiger partial charge in [-0.15, -0.1) is 11.6 Å². The van der Waals surface area contributed by atoms with Gasteiger partial charge < -0.3 is 14.4 Å². The molecule has 0 aliphatic rings. The minimum Gasteiger partial charge on any atom is -0.385 e. The summed E-state index contributed by atoms with van der Waals surface area (Å²) >= 11 is 5.57. The summed E-state index contributed by atoms with van der Waals surface area (Å²) in [5.74, 6) is 0.677. The summed E-state index contributed by atoms with van der Waals surface area (Å²) in [4.78, 5) is 13.6. The Morgan fingerprint density at radius 3 is 2.38 bits per heavy atom. The molecule has 0 saturated heterocycles. The third kappa shape index (κ3) is 7.91. The zero-order valence-electron chi connectivity index (χ0n) is 10.2. The number of amides is 1. The Morgan fingerprint density at radius 2 is 1.81 bits per heavy atom. The minimum atomic E-state index is 0.147. The zero-order chi connectivity index (χ0) is 12.2. The molecule has 0 aromatic rings. The average molecular weight is 252 g/mol. The number of halogens is 1. The molecule has 0 unspecified atom stereocenters. The largest absolute Gasteiger partial charge is 0.385 e. The first-order valence-electron chi connectivity index (χ1n) is 5.57. The fraction of sp³-hybridized carbons (Fsp3) is 0.909. The van der Waals surface area contributed by atoms with Crippen LogP contribution in [0.2, 0.25) is 0 Å². The molecule has 0 rings (SSSR count). The lowest BCUT2D eigenvalue weighted by molar-refractivity contribution is -0.132. The van der Waals surface area contributed by atoms with Gasteiger partial charge >= 0.3 is 0 Å². The molecule has 0 bridgehead atoms. The standard InChI is InChI=1S/C11H22ClNO3/c1-15-9-4-7-13(8-10-16-2)11(14)5-3-6-12/h3-10H2,1-2H3. The van der Waals surface area contributed by atoms with E-state index < -0.39 is 0 Å². The lowest BCUT2D eigenvalue weighted by Crippen LogP contribution is -2.35. The van der Waals surface area contributed by atoms with E-state index in [1.165, 1.54) is 0 Å². The lowest BCUT2D eigenvalue weighted by Gasteiger charge is -2.22. The highest BCUT2D eigenvalue weighted by Crippen LogP contribution is 2.01. The van der Waals surface area contributed by atoms with Gasteiger partial charge in [-0.1, -0.05) is 0 Å². The summed E-state index contributed by atoms with van der Waals surface area (Å²) in [5, 5.41) is 0. The lowest BCUT2D eigenvalue weighted by atomic mass is 10.3. The molecule has 0 radical (unpaired) electrons. The van der Waals surface area contributed by atoms with Gasteiger partial charge in [-0.3, -0.25) is 4.79 Å². The van der Waals surface area contributed by atoms with Gasteiger partial charge in [-0.05, 0) is 12.8 Å². The minimum absolute atomic E-state index is 0.147. The summed E-state index contributed by atoms with van der Waals surface area (Å²) < 4.78 is 9.95. The van der Waals surface area contributed by atoms with Crippen molar-refractivity contribution in [3.8, 4) is 0 Å². The molecule has 0 fully saturated rings. The molecule has 0 atom stereocenters. The summed E-state index contributed by atoms with van der Waals surface area (Å²) in [6, 6.07) is 0. The van der Waals surface area contributed by atoms with Gasteiger partial charge in [0, 0.05) is 46.2 Å². The second-order valence-corrected chi connectivity index (χ2v) is 3.89. The van der Waals surface area contributed by atoms with Crippen molar-refractivity contribution in [2.75, 3.05) is 46.4 Å². The van der Waals surface area contributed by atoms with Crippen molar-refractivity contribution in [2.24, 2.45) is 0 Å². The van der Waals surface area contributed by atoms with Gasteiger partial charge in [0.05, 0.1) is 6.61 Å². The van der Waals surface area contributed by atoms with Crippen LogP contribution in [0.5, 0.6) is 0 Å². The molecule has 0 aliphatic carbocycles. The third-order valence-corrected chi connectivity index (χ3v) is 2.49. The maximum Gasteiger partial charge on any atom is 0.222 e. The third-order valence-electron chi connectivity index (χ3n) is 2.22. The molecule has 1 amide bonds. The fourth-order valence-corrected chi connectivity index (χ4v) is 1.47. The van der Waals surface area contributed by atoms with Crippen molar-refractivity contribution < 1.29 is 14.3 Å². The van der Waals surface area contributed by atoms with Crippen molar-refractivity contribution in [3.05, 3.63) is 0 Å². The SMILES string of the molecule is COCCCN(CCOC)C(=O)CCCCl. The van der Waals surface area contributed by atoms with E-state index in [1.807, 2.05) is 4.90 Å². The van der Waals surface area contributed by atoms with Crippen molar-refractivity contribution in [1.29, 1.82) is 0 Å². The maximum atomic E-state index is 11.8. The summed E-state index contributed by atoms with van der Waals surface area (Å²) in [6.45, 7) is 2.60. The first-order chi connectivity index (χ1) is 7.76. The summed E-state index contributed by atoms with van der Waals surface area (Å²) in [5.41, 5.74) is 0. The van der Waals surface area contributed by atoms with Gasteiger partial charge in [0.1, 0.15) is 0 Å². The normalized spacial score (nSPS) is 10.4. The van der Waals surface area contributed by atoms with E-state index in [1.54, 1.807) is 14.2 Å². The van der Waals surface area contributed by atoms with E-state index in [4.69, 9.17) is 21.1 Å². The number of methoxy groups -OCH3 is 2. The number of carbonyl (C=O) groups is 1. The fourth-order valence-electron chi connectivity index (χ4n) is 1.34. The number of hydrogen-bond acceptors (Lipinski definition) is 3.